The van der Waals surface area contributed by atoms with Gasteiger partial charge in [0.05, 0.1) is 14.2 Å². The number of allylic oxidation sites excluding steroid dienone is 2. The van der Waals surface area contributed by atoms with E-state index in [-0.39, 0.29) is 12.5 Å². The molecule has 1 rings (SSSR count). The summed E-state index contributed by atoms with van der Waals surface area (Å²) >= 11 is 0. The number of halogens is 2. The maximum absolute atomic E-state index is 12.0. The van der Waals surface area contributed by atoms with Crippen molar-refractivity contribution in [2.24, 2.45) is 9.98 Å². The Kier molecular flexibility index (Phi) is 23.4. The summed E-state index contributed by atoms with van der Waals surface area (Å²) in [6, 6.07) is -0.0399. The van der Waals surface area contributed by atoms with Crippen LogP contribution in [0.4, 0.5) is 8.78 Å². The average molecular weight is 419 g/mol. The summed E-state index contributed by atoms with van der Waals surface area (Å²) in [6.07, 6.45) is 11.1. The molecule has 0 saturated carbocycles. The van der Waals surface area contributed by atoms with Gasteiger partial charge in [-0.05, 0) is 38.5 Å². The molecule has 1 aliphatic rings. The van der Waals surface area contributed by atoms with Gasteiger partial charge in [-0.2, -0.15) is 0 Å². The third-order valence-electron chi connectivity index (χ3n) is 3.96. The van der Waals surface area contributed by atoms with E-state index in [9.17, 15) is 8.78 Å². The Hall–Kier alpha value is -1.46. The van der Waals surface area contributed by atoms with Crippen LogP contribution in [0.2, 0.25) is 0 Å². The number of alkyl halides is 2. The van der Waals surface area contributed by atoms with Crippen molar-refractivity contribution in [3.05, 3.63) is 12.2 Å². The smallest absolute Gasteiger partial charge is 0.238 e. The first kappa shape index (κ1) is 29.7. The second-order valence-corrected chi connectivity index (χ2v) is 6.59. The molecule has 1 heterocycles. The van der Waals surface area contributed by atoms with Crippen molar-refractivity contribution in [3.63, 3.8) is 0 Å². The molecule has 0 aromatic carbocycles. The molecule has 0 aliphatic carbocycles. The lowest BCUT2D eigenvalue weighted by Crippen LogP contribution is -2.28. The molecule has 4 nitrogen and oxygen atoms in total. The fraction of sp³-hybridized carbons (Fsp3) is 0.826. The third-order valence-corrected chi connectivity index (χ3v) is 3.96. The van der Waals surface area contributed by atoms with Crippen LogP contribution in [0.3, 0.4) is 0 Å². The van der Waals surface area contributed by atoms with Gasteiger partial charge in [0.15, 0.2) is 0 Å². The van der Waals surface area contributed by atoms with Crippen LogP contribution in [0.5, 0.6) is 0 Å². The van der Waals surface area contributed by atoms with Crippen molar-refractivity contribution in [2.75, 3.05) is 20.8 Å². The van der Waals surface area contributed by atoms with Gasteiger partial charge < -0.3 is 9.47 Å². The number of nitrogens with zero attached hydrogens (tertiary/aromatic N) is 2. The molecule has 29 heavy (non-hydrogen) atoms. The number of rotatable bonds is 11. The number of ether oxygens (including phenoxy) is 2. The highest BCUT2D eigenvalue weighted by Gasteiger charge is 2.20. The van der Waals surface area contributed by atoms with Crippen molar-refractivity contribution in [3.8, 4) is 0 Å². The van der Waals surface area contributed by atoms with Gasteiger partial charge in [0.1, 0.15) is 12.6 Å². The zero-order valence-corrected chi connectivity index (χ0v) is 19.6. The molecule has 1 atom stereocenters. The van der Waals surface area contributed by atoms with Crippen molar-refractivity contribution >= 4 is 11.8 Å². The first-order chi connectivity index (χ1) is 14.1. The van der Waals surface area contributed by atoms with Crippen LogP contribution in [0.15, 0.2) is 22.1 Å². The number of hydrogen-bond donors (Lipinski definition) is 0. The molecule has 0 spiro atoms. The second-order valence-electron chi connectivity index (χ2n) is 6.59. The lowest BCUT2D eigenvalue weighted by atomic mass is 10.1. The first-order valence-corrected chi connectivity index (χ1v) is 11.2. The highest BCUT2D eigenvalue weighted by Crippen LogP contribution is 2.13. The molecule has 0 bridgehead atoms. The van der Waals surface area contributed by atoms with Crippen molar-refractivity contribution in [1.29, 1.82) is 0 Å². The molecule has 1 aliphatic heterocycles. The minimum Gasteiger partial charge on any atom is -0.483 e. The minimum atomic E-state index is -2.15. The van der Waals surface area contributed by atoms with Gasteiger partial charge in [-0.15, -0.1) is 0 Å². The Labute approximate surface area is 177 Å². The molecule has 0 radical (unpaired) electrons. The van der Waals surface area contributed by atoms with Crippen molar-refractivity contribution < 1.29 is 18.3 Å². The molecule has 0 aromatic rings. The summed E-state index contributed by atoms with van der Waals surface area (Å²) in [6.45, 7) is 8.70. The lowest BCUT2D eigenvalue weighted by molar-refractivity contribution is 0.133. The van der Waals surface area contributed by atoms with Crippen LogP contribution in [-0.2, 0) is 9.47 Å². The van der Waals surface area contributed by atoms with Gasteiger partial charge in [0.2, 0.25) is 18.2 Å². The summed E-state index contributed by atoms with van der Waals surface area (Å²) in [5, 5.41) is 0. The Morgan fingerprint density at radius 3 is 2.10 bits per heavy atom. The molecular weight excluding hydrogens is 374 g/mol. The first-order valence-electron chi connectivity index (χ1n) is 11.2. The normalized spacial score (nSPS) is 15.7. The largest absolute Gasteiger partial charge is 0.483 e. The highest BCUT2D eigenvalue weighted by molar-refractivity contribution is 5.91. The SMILES string of the molecule is CC.CCC.COC1=NC(CCC/C=C/CCCCCCC(F)F)C(OC)=NC1. The molecule has 6 heteroatoms. The summed E-state index contributed by atoms with van der Waals surface area (Å²) in [7, 11) is 3.24. The van der Waals surface area contributed by atoms with Gasteiger partial charge in [0.25, 0.3) is 0 Å². The molecule has 0 N–H and O–H groups in total. The zero-order chi connectivity index (χ0) is 22.3. The Morgan fingerprint density at radius 2 is 1.55 bits per heavy atom. The van der Waals surface area contributed by atoms with E-state index in [4.69, 9.17) is 9.47 Å². The molecule has 0 amide bonds. The standard InChI is InChI=1S/C18H30F2N2O2.C3H8.C2H6/c1-23-17-14-21-18(24-2)15(22-17)12-10-8-6-4-3-5-7-9-11-13-16(19)20;1-3-2;1-2/h4,6,15-16H,3,5,7-14H2,1-2H3;3H2,1-2H3;1-2H3/b6-4+;;. The van der Waals surface area contributed by atoms with Gasteiger partial charge in [-0.25, -0.2) is 18.8 Å². The van der Waals surface area contributed by atoms with Gasteiger partial charge in [0, 0.05) is 6.42 Å². The van der Waals surface area contributed by atoms with Gasteiger partial charge >= 0.3 is 0 Å². The van der Waals surface area contributed by atoms with Crippen LogP contribution in [-0.4, -0.2) is 45.0 Å². The fourth-order valence-electron chi connectivity index (χ4n) is 2.61. The summed E-state index contributed by atoms with van der Waals surface area (Å²) in [5.41, 5.74) is 0. The van der Waals surface area contributed by atoms with E-state index in [0.29, 0.717) is 24.8 Å². The predicted octanol–water partition coefficient (Wildman–Crippen LogP) is 7.23. The maximum atomic E-state index is 12.0. The zero-order valence-electron chi connectivity index (χ0n) is 19.6. The van der Waals surface area contributed by atoms with Gasteiger partial charge in [-0.3, -0.25) is 0 Å². The number of methoxy groups -OCH3 is 2. The Balaban J connectivity index is 0. The molecular formula is C23H44F2N2O2. The van der Waals surface area contributed by atoms with Gasteiger partial charge in [-0.1, -0.05) is 59.1 Å². The van der Waals surface area contributed by atoms with E-state index in [2.05, 4.69) is 36.0 Å². The van der Waals surface area contributed by atoms with E-state index in [1.54, 1.807) is 14.2 Å². The number of aliphatic imine (C=N–C) groups is 2. The molecule has 0 saturated heterocycles. The van der Waals surface area contributed by atoms with E-state index < -0.39 is 6.43 Å². The topological polar surface area (TPSA) is 43.2 Å². The van der Waals surface area contributed by atoms with Crippen molar-refractivity contribution in [2.45, 2.75) is 104 Å². The van der Waals surface area contributed by atoms with E-state index >= 15 is 0 Å². The van der Waals surface area contributed by atoms with Crippen LogP contribution in [0.25, 0.3) is 0 Å². The molecule has 0 fully saturated rings. The van der Waals surface area contributed by atoms with Crippen LogP contribution >= 0.6 is 0 Å². The predicted molar refractivity (Wildman–Crippen MR) is 122 cm³/mol. The van der Waals surface area contributed by atoms with Crippen LogP contribution < -0.4 is 0 Å². The monoisotopic (exact) mass is 418 g/mol. The highest BCUT2D eigenvalue weighted by atomic mass is 19.3. The second kappa shape index (κ2) is 22.8. The number of unbranched alkanes of at least 4 members (excludes halogenated alkanes) is 5. The molecule has 172 valence electrons. The average Bonchev–Trinajstić information content (AvgIpc) is 2.73. The molecule has 0 aromatic heterocycles. The fourth-order valence-corrected chi connectivity index (χ4v) is 2.61. The van der Waals surface area contributed by atoms with E-state index in [1.807, 2.05) is 13.8 Å². The van der Waals surface area contributed by atoms with Crippen LogP contribution in [0, 0.1) is 0 Å². The Morgan fingerprint density at radius 1 is 0.966 bits per heavy atom. The Bertz CT molecular complexity index is 439. The summed E-state index contributed by atoms with van der Waals surface area (Å²) in [5.74, 6) is 1.34. The molecule has 1 unspecified atom stereocenters. The minimum absolute atomic E-state index is 0.0387. The van der Waals surface area contributed by atoms with Crippen LogP contribution in [0.1, 0.15) is 91.9 Å². The summed E-state index contributed by atoms with van der Waals surface area (Å²) in [4.78, 5) is 8.83. The maximum Gasteiger partial charge on any atom is 0.238 e. The van der Waals surface area contributed by atoms with E-state index in [0.717, 1.165) is 44.9 Å². The van der Waals surface area contributed by atoms with E-state index in [1.165, 1.54) is 6.42 Å². The quantitative estimate of drug-likeness (QED) is 0.262. The summed E-state index contributed by atoms with van der Waals surface area (Å²) < 4.78 is 34.4. The van der Waals surface area contributed by atoms with Crippen molar-refractivity contribution in [1.82, 2.24) is 0 Å². The number of hydrogen-bond acceptors (Lipinski definition) is 4. The lowest BCUT2D eigenvalue weighted by Gasteiger charge is -2.19. The third kappa shape index (κ3) is 18.3.